The Hall–Kier alpha value is -2.58. The van der Waals surface area contributed by atoms with Crippen LogP contribution in [0.5, 0.6) is 0 Å². The minimum absolute atomic E-state index is 0.0804. The maximum atomic E-state index is 13.3. The van der Waals surface area contributed by atoms with Gasteiger partial charge in [0.15, 0.2) is 5.82 Å². The lowest BCUT2D eigenvalue weighted by Crippen LogP contribution is -2.43. The molecule has 0 unspecified atom stereocenters. The number of hydrogen-bond donors (Lipinski definition) is 2. The number of carbonyl (C=O) groups is 1. The van der Waals surface area contributed by atoms with Crippen LogP contribution in [0.2, 0.25) is 0 Å². The molecule has 0 saturated carbocycles. The molecule has 0 bridgehead atoms. The van der Waals surface area contributed by atoms with Crippen molar-refractivity contribution in [2.24, 2.45) is 5.41 Å². The zero-order valence-electron chi connectivity index (χ0n) is 15.6. The molecule has 146 valence electrons. The number of nitrogens with one attached hydrogen (secondary N) is 2. The molecule has 3 heterocycles. The highest BCUT2D eigenvalue weighted by atomic mass is 32.1. The minimum atomic E-state index is -0.324. The SMILES string of the molecule is CC1(CNC(=O)c2nc(-c3cccs3)n(-c3ccc(F)cc3)n2)CCNCC1. The zero-order chi connectivity index (χ0) is 19.6. The van der Waals surface area contributed by atoms with Gasteiger partial charge in [0.05, 0.1) is 10.6 Å². The molecule has 0 spiro atoms. The van der Waals surface area contributed by atoms with Gasteiger partial charge in [0.1, 0.15) is 5.82 Å². The largest absolute Gasteiger partial charge is 0.349 e. The summed E-state index contributed by atoms with van der Waals surface area (Å²) in [5, 5.41) is 12.7. The van der Waals surface area contributed by atoms with Gasteiger partial charge in [-0.3, -0.25) is 4.79 Å². The molecule has 2 aromatic heterocycles. The number of aromatic nitrogens is 3. The van der Waals surface area contributed by atoms with E-state index in [1.165, 1.54) is 23.5 Å². The number of rotatable bonds is 5. The molecule has 1 saturated heterocycles. The average molecular weight is 399 g/mol. The smallest absolute Gasteiger partial charge is 0.291 e. The van der Waals surface area contributed by atoms with Crippen LogP contribution in [-0.2, 0) is 0 Å². The van der Waals surface area contributed by atoms with Crippen molar-refractivity contribution < 1.29 is 9.18 Å². The van der Waals surface area contributed by atoms with Crippen molar-refractivity contribution in [3.63, 3.8) is 0 Å². The first-order chi connectivity index (χ1) is 13.5. The van der Waals surface area contributed by atoms with Crippen LogP contribution < -0.4 is 10.6 Å². The van der Waals surface area contributed by atoms with Crippen molar-refractivity contribution in [2.45, 2.75) is 19.8 Å². The molecule has 1 aliphatic heterocycles. The highest BCUT2D eigenvalue weighted by Gasteiger charge is 2.28. The molecule has 1 aromatic carbocycles. The van der Waals surface area contributed by atoms with Crippen LogP contribution in [0.4, 0.5) is 4.39 Å². The Morgan fingerprint density at radius 1 is 1.29 bits per heavy atom. The van der Waals surface area contributed by atoms with E-state index >= 15 is 0 Å². The molecular weight excluding hydrogens is 377 g/mol. The number of carbonyl (C=O) groups excluding carboxylic acids is 1. The van der Waals surface area contributed by atoms with Crippen LogP contribution in [0.1, 0.15) is 30.4 Å². The number of piperidine rings is 1. The van der Waals surface area contributed by atoms with E-state index in [4.69, 9.17) is 0 Å². The normalized spacial score (nSPS) is 16.1. The quantitative estimate of drug-likeness (QED) is 0.691. The summed E-state index contributed by atoms with van der Waals surface area (Å²) >= 11 is 1.51. The van der Waals surface area contributed by atoms with E-state index in [0.717, 1.165) is 30.8 Å². The molecule has 0 radical (unpaired) electrons. The molecule has 1 fully saturated rings. The lowest BCUT2D eigenvalue weighted by molar-refractivity contribution is 0.0912. The number of benzene rings is 1. The van der Waals surface area contributed by atoms with E-state index in [-0.39, 0.29) is 23.0 Å². The Balaban J connectivity index is 1.60. The van der Waals surface area contributed by atoms with E-state index in [1.807, 2.05) is 17.5 Å². The Morgan fingerprint density at radius 2 is 2.04 bits per heavy atom. The summed E-state index contributed by atoms with van der Waals surface area (Å²) in [4.78, 5) is 18.1. The second kappa shape index (κ2) is 7.81. The lowest BCUT2D eigenvalue weighted by atomic mass is 9.81. The maximum absolute atomic E-state index is 13.3. The third-order valence-corrected chi connectivity index (χ3v) is 5.98. The van der Waals surface area contributed by atoms with Crippen LogP contribution in [0.25, 0.3) is 16.4 Å². The molecule has 0 aliphatic carbocycles. The monoisotopic (exact) mass is 399 g/mol. The van der Waals surface area contributed by atoms with E-state index < -0.39 is 0 Å². The Labute approximate surface area is 166 Å². The average Bonchev–Trinajstić information content (AvgIpc) is 3.37. The second-order valence-electron chi connectivity index (χ2n) is 7.37. The summed E-state index contributed by atoms with van der Waals surface area (Å²) in [6.45, 7) is 4.71. The topological polar surface area (TPSA) is 71.8 Å². The van der Waals surface area contributed by atoms with Crippen molar-refractivity contribution in [1.82, 2.24) is 25.4 Å². The Bertz CT molecular complexity index is 946. The van der Waals surface area contributed by atoms with Gasteiger partial charge in [-0.05, 0) is 67.1 Å². The molecule has 1 aliphatic rings. The number of halogens is 1. The highest BCUT2D eigenvalue weighted by Crippen LogP contribution is 2.28. The van der Waals surface area contributed by atoms with Gasteiger partial charge in [0, 0.05) is 6.54 Å². The van der Waals surface area contributed by atoms with E-state index in [2.05, 4.69) is 27.6 Å². The lowest BCUT2D eigenvalue weighted by Gasteiger charge is -2.33. The number of nitrogens with zero attached hydrogens (tertiary/aromatic N) is 3. The summed E-state index contributed by atoms with van der Waals surface area (Å²) in [7, 11) is 0. The molecule has 28 heavy (non-hydrogen) atoms. The van der Waals surface area contributed by atoms with E-state index in [1.54, 1.807) is 16.8 Å². The van der Waals surface area contributed by atoms with Gasteiger partial charge in [-0.1, -0.05) is 13.0 Å². The third kappa shape index (κ3) is 3.98. The number of hydrogen-bond acceptors (Lipinski definition) is 5. The molecule has 8 heteroatoms. The molecule has 1 amide bonds. The first-order valence-corrected chi connectivity index (χ1v) is 10.2. The molecule has 2 N–H and O–H groups in total. The number of thiophene rings is 1. The van der Waals surface area contributed by atoms with Crippen LogP contribution in [0.15, 0.2) is 41.8 Å². The maximum Gasteiger partial charge on any atom is 0.291 e. The van der Waals surface area contributed by atoms with Gasteiger partial charge < -0.3 is 10.6 Å². The van der Waals surface area contributed by atoms with Crippen LogP contribution in [-0.4, -0.2) is 40.3 Å². The molecule has 6 nitrogen and oxygen atoms in total. The molecular formula is C20H22FN5OS. The fourth-order valence-corrected chi connectivity index (χ4v) is 4.01. The summed E-state index contributed by atoms with van der Waals surface area (Å²) in [5.41, 5.74) is 0.735. The highest BCUT2D eigenvalue weighted by molar-refractivity contribution is 7.13. The van der Waals surface area contributed by atoms with Crippen molar-refractivity contribution in [3.8, 4) is 16.4 Å². The van der Waals surface area contributed by atoms with Gasteiger partial charge in [0.25, 0.3) is 5.91 Å². The van der Waals surface area contributed by atoms with Gasteiger partial charge in [-0.25, -0.2) is 14.1 Å². The summed E-state index contributed by atoms with van der Waals surface area (Å²) in [6, 6.07) is 9.82. The van der Waals surface area contributed by atoms with Crippen molar-refractivity contribution in [2.75, 3.05) is 19.6 Å². The summed E-state index contributed by atoms with van der Waals surface area (Å²) in [6.07, 6.45) is 2.04. The summed E-state index contributed by atoms with van der Waals surface area (Å²) in [5.74, 6) is 0.0678. The van der Waals surface area contributed by atoms with Crippen LogP contribution in [0.3, 0.4) is 0 Å². The predicted molar refractivity (Wildman–Crippen MR) is 107 cm³/mol. The standard InChI is InChI=1S/C20H22FN5OS/c1-20(8-10-22-11-9-20)13-23-19(27)17-24-18(16-3-2-12-28-16)26(25-17)15-6-4-14(21)5-7-15/h2-7,12,22H,8-11,13H2,1H3,(H,23,27). The van der Waals surface area contributed by atoms with Crippen molar-refractivity contribution >= 4 is 17.2 Å². The van der Waals surface area contributed by atoms with Gasteiger partial charge in [0.2, 0.25) is 5.82 Å². The Kier molecular flexibility index (Phi) is 5.23. The molecule has 0 atom stereocenters. The molecule has 3 aromatic rings. The van der Waals surface area contributed by atoms with Gasteiger partial charge in [-0.15, -0.1) is 16.4 Å². The van der Waals surface area contributed by atoms with E-state index in [9.17, 15) is 9.18 Å². The Morgan fingerprint density at radius 3 is 2.71 bits per heavy atom. The van der Waals surface area contributed by atoms with Gasteiger partial charge in [-0.2, -0.15) is 0 Å². The van der Waals surface area contributed by atoms with Crippen LogP contribution in [0, 0.1) is 11.2 Å². The summed E-state index contributed by atoms with van der Waals surface area (Å²) < 4.78 is 14.9. The fraction of sp³-hybridized carbons (Fsp3) is 0.350. The number of amides is 1. The first kappa shape index (κ1) is 18.8. The third-order valence-electron chi connectivity index (χ3n) is 5.11. The van der Waals surface area contributed by atoms with Crippen molar-refractivity contribution in [1.29, 1.82) is 0 Å². The van der Waals surface area contributed by atoms with Crippen molar-refractivity contribution in [3.05, 3.63) is 53.4 Å². The second-order valence-corrected chi connectivity index (χ2v) is 8.32. The minimum Gasteiger partial charge on any atom is -0.349 e. The van der Waals surface area contributed by atoms with E-state index in [0.29, 0.717) is 18.1 Å². The van der Waals surface area contributed by atoms with Crippen LogP contribution >= 0.6 is 11.3 Å². The van der Waals surface area contributed by atoms with Gasteiger partial charge >= 0.3 is 0 Å². The molecule has 4 rings (SSSR count). The fourth-order valence-electron chi connectivity index (χ4n) is 3.32. The predicted octanol–water partition coefficient (Wildman–Crippen LogP) is 3.25. The first-order valence-electron chi connectivity index (χ1n) is 9.30. The zero-order valence-corrected chi connectivity index (χ0v) is 16.4.